The molecule has 0 saturated heterocycles. The third-order valence-corrected chi connectivity index (χ3v) is 3.66. The number of aromatic nitrogens is 4. The van der Waals surface area contributed by atoms with Crippen LogP contribution in [0, 0.1) is 0 Å². The van der Waals surface area contributed by atoms with E-state index in [-0.39, 0.29) is 12.5 Å². The van der Waals surface area contributed by atoms with Crippen LogP contribution in [0.4, 0.5) is 5.82 Å². The van der Waals surface area contributed by atoms with Crippen LogP contribution in [0.3, 0.4) is 0 Å². The largest absolute Gasteiger partial charge is 0.361 e. The number of halogens is 1. The lowest BCUT2D eigenvalue weighted by atomic mass is 10.1. The fraction of sp³-hybridized carbons (Fsp3) is 0.125. The average molecular weight is 343 g/mol. The van der Waals surface area contributed by atoms with Gasteiger partial charge in [0.05, 0.1) is 11.6 Å². The first-order chi connectivity index (χ1) is 11.7. The van der Waals surface area contributed by atoms with Crippen molar-refractivity contribution >= 4 is 23.3 Å². The predicted octanol–water partition coefficient (Wildman–Crippen LogP) is 2.14. The molecule has 0 spiro atoms. The Morgan fingerprint density at radius 1 is 1.29 bits per heavy atom. The summed E-state index contributed by atoms with van der Waals surface area (Å²) in [7, 11) is 1.58. The van der Waals surface area contributed by atoms with Crippen LogP contribution in [0.2, 0.25) is 5.02 Å². The van der Waals surface area contributed by atoms with E-state index in [0.29, 0.717) is 16.7 Å². The molecule has 0 aromatic carbocycles. The summed E-state index contributed by atoms with van der Waals surface area (Å²) in [6.07, 6.45) is 6.78. The maximum absolute atomic E-state index is 11.3. The van der Waals surface area contributed by atoms with Gasteiger partial charge in [-0.2, -0.15) is 5.10 Å². The monoisotopic (exact) mass is 342 g/mol. The number of likely N-dealkylation sites (N-methyl/N-ethyl adjacent to an activating group) is 1. The van der Waals surface area contributed by atoms with Crippen molar-refractivity contribution in [2.75, 3.05) is 18.9 Å². The molecule has 8 heteroatoms. The molecular weight excluding hydrogens is 328 g/mol. The Balaban J connectivity index is 1.84. The molecule has 3 aromatic heterocycles. The zero-order chi connectivity index (χ0) is 16.9. The molecule has 24 heavy (non-hydrogen) atoms. The minimum atomic E-state index is -0.126. The van der Waals surface area contributed by atoms with E-state index in [2.05, 4.69) is 25.7 Å². The topological polar surface area (TPSA) is 84.7 Å². The summed E-state index contributed by atoms with van der Waals surface area (Å²) in [5.74, 6) is 1.15. The van der Waals surface area contributed by atoms with Gasteiger partial charge in [0, 0.05) is 43.0 Å². The normalized spacial score (nSPS) is 10.4. The Bertz CT molecular complexity index is 832. The number of anilines is 1. The molecule has 0 radical (unpaired) electrons. The third kappa shape index (κ3) is 3.52. The number of hydrogen-bond donors (Lipinski definition) is 2. The first-order valence-electron chi connectivity index (χ1n) is 7.24. The van der Waals surface area contributed by atoms with Gasteiger partial charge in [-0.15, -0.1) is 0 Å². The minimum absolute atomic E-state index is 0.126. The second kappa shape index (κ2) is 7.10. The van der Waals surface area contributed by atoms with E-state index in [1.54, 1.807) is 36.4 Å². The summed E-state index contributed by atoms with van der Waals surface area (Å²) < 4.78 is 1.67. The van der Waals surface area contributed by atoms with Gasteiger partial charge in [0.15, 0.2) is 5.82 Å². The van der Waals surface area contributed by atoms with Gasteiger partial charge in [0.1, 0.15) is 5.82 Å². The number of pyridine rings is 2. The van der Waals surface area contributed by atoms with Crippen molar-refractivity contribution in [2.45, 2.75) is 0 Å². The second-order valence-electron chi connectivity index (χ2n) is 4.93. The molecule has 0 aliphatic carbocycles. The van der Waals surface area contributed by atoms with Gasteiger partial charge < -0.3 is 10.6 Å². The smallest absolute Gasteiger partial charge is 0.239 e. The summed E-state index contributed by atoms with van der Waals surface area (Å²) in [6, 6.07) is 7.39. The van der Waals surface area contributed by atoms with Crippen molar-refractivity contribution in [3.63, 3.8) is 0 Å². The molecule has 0 aliphatic rings. The van der Waals surface area contributed by atoms with Gasteiger partial charge >= 0.3 is 0 Å². The molecule has 3 aromatic rings. The molecule has 0 unspecified atom stereocenters. The molecule has 1 amide bonds. The summed E-state index contributed by atoms with van der Waals surface area (Å²) in [5, 5.41) is 10.1. The van der Waals surface area contributed by atoms with Crippen molar-refractivity contribution < 1.29 is 4.79 Å². The number of hydrogen-bond acceptors (Lipinski definition) is 5. The van der Waals surface area contributed by atoms with Crippen molar-refractivity contribution in [1.82, 2.24) is 25.1 Å². The van der Waals surface area contributed by atoms with E-state index in [1.165, 1.54) is 0 Å². The Morgan fingerprint density at radius 3 is 2.83 bits per heavy atom. The Labute approximate surface area is 143 Å². The van der Waals surface area contributed by atoms with Gasteiger partial charge in [-0.1, -0.05) is 11.6 Å². The molecule has 7 nitrogen and oxygen atoms in total. The van der Waals surface area contributed by atoms with Crippen LogP contribution in [0.5, 0.6) is 0 Å². The summed E-state index contributed by atoms with van der Waals surface area (Å²) >= 11 is 6.25. The lowest BCUT2D eigenvalue weighted by molar-refractivity contribution is -0.118. The van der Waals surface area contributed by atoms with Crippen LogP contribution in [-0.4, -0.2) is 39.2 Å². The summed E-state index contributed by atoms with van der Waals surface area (Å²) in [5.41, 5.74) is 1.63. The highest BCUT2D eigenvalue weighted by molar-refractivity contribution is 6.33. The minimum Gasteiger partial charge on any atom is -0.361 e. The Morgan fingerprint density at radius 2 is 2.17 bits per heavy atom. The fourth-order valence-electron chi connectivity index (χ4n) is 2.10. The van der Waals surface area contributed by atoms with E-state index in [9.17, 15) is 4.79 Å². The van der Waals surface area contributed by atoms with Crippen LogP contribution in [0.15, 0.2) is 49.1 Å². The van der Waals surface area contributed by atoms with Crippen LogP contribution in [-0.2, 0) is 4.79 Å². The Hall–Kier alpha value is -2.93. The Kier molecular flexibility index (Phi) is 4.72. The molecule has 0 fully saturated rings. The van der Waals surface area contributed by atoms with Crippen molar-refractivity contribution in [1.29, 1.82) is 0 Å². The van der Waals surface area contributed by atoms with E-state index < -0.39 is 0 Å². The van der Waals surface area contributed by atoms with E-state index in [4.69, 9.17) is 11.6 Å². The molecule has 0 saturated carbocycles. The van der Waals surface area contributed by atoms with E-state index in [1.807, 2.05) is 24.4 Å². The van der Waals surface area contributed by atoms with Gasteiger partial charge in [0.2, 0.25) is 5.91 Å². The molecule has 0 aliphatic heterocycles. The van der Waals surface area contributed by atoms with Gasteiger partial charge in [-0.25, -0.2) is 14.6 Å². The average Bonchev–Trinajstić information content (AvgIpc) is 3.15. The molecule has 122 valence electrons. The fourth-order valence-corrected chi connectivity index (χ4v) is 2.31. The molecule has 0 atom stereocenters. The maximum Gasteiger partial charge on any atom is 0.239 e. The quantitative estimate of drug-likeness (QED) is 0.742. The van der Waals surface area contributed by atoms with Crippen LogP contribution >= 0.6 is 11.6 Å². The molecular formula is C16H15ClN6O. The first kappa shape index (κ1) is 15.9. The highest BCUT2D eigenvalue weighted by atomic mass is 35.5. The molecule has 3 heterocycles. The van der Waals surface area contributed by atoms with Gasteiger partial charge in [-0.3, -0.25) is 4.79 Å². The number of rotatable bonds is 5. The highest BCUT2D eigenvalue weighted by Crippen LogP contribution is 2.29. The summed E-state index contributed by atoms with van der Waals surface area (Å²) in [6.45, 7) is 0.140. The number of amides is 1. The first-order valence-corrected chi connectivity index (χ1v) is 7.61. The van der Waals surface area contributed by atoms with Crippen molar-refractivity contribution in [3.8, 4) is 16.9 Å². The third-order valence-electron chi connectivity index (χ3n) is 3.36. The SMILES string of the molecule is CNC(=O)CNc1cc(-c2ccc(-n3cccn3)nc2)c(Cl)cn1. The standard InChI is InChI=1S/C16H15ClN6O/c1-18-16(24)10-20-14-7-12(13(17)9-19-14)11-3-4-15(21-8-11)23-6-2-5-22-23/h2-9H,10H2,1H3,(H,18,24)(H,19,20). The van der Waals surface area contributed by atoms with Crippen LogP contribution in [0.1, 0.15) is 0 Å². The number of nitrogens with zero attached hydrogens (tertiary/aromatic N) is 4. The lowest BCUT2D eigenvalue weighted by Crippen LogP contribution is -2.26. The second-order valence-corrected chi connectivity index (χ2v) is 5.34. The number of carbonyl (C=O) groups excluding carboxylic acids is 1. The van der Waals surface area contributed by atoms with Crippen LogP contribution in [0.25, 0.3) is 16.9 Å². The van der Waals surface area contributed by atoms with Crippen molar-refractivity contribution in [3.05, 3.63) is 54.1 Å². The molecule has 2 N–H and O–H groups in total. The highest BCUT2D eigenvalue weighted by Gasteiger charge is 2.08. The van der Waals surface area contributed by atoms with Crippen LogP contribution < -0.4 is 10.6 Å². The van der Waals surface area contributed by atoms with Crippen molar-refractivity contribution in [2.24, 2.45) is 0 Å². The zero-order valence-corrected chi connectivity index (χ0v) is 13.7. The summed E-state index contributed by atoms with van der Waals surface area (Å²) in [4.78, 5) is 19.9. The number of carbonyl (C=O) groups is 1. The lowest BCUT2D eigenvalue weighted by Gasteiger charge is -2.09. The van der Waals surface area contributed by atoms with Gasteiger partial charge in [0.25, 0.3) is 0 Å². The van der Waals surface area contributed by atoms with E-state index in [0.717, 1.165) is 11.1 Å². The molecule has 3 rings (SSSR count). The maximum atomic E-state index is 11.3. The number of nitrogens with one attached hydrogen (secondary N) is 2. The predicted molar refractivity (Wildman–Crippen MR) is 92.2 cm³/mol. The molecule has 0 bridgehead atoms. The van der Waals surface area contributed by atoms with E-state index >= 15 is 0 Å². The van der Waals surface area contributed by atoms with Gasteiger partial charge in [-0.05, 0) is 24.3 Å². The zero-order valence-electron chi connectivity index (χ0n) is 12.9.